The Morgan fingerprint density at radius 3 is 2.49 bits per heavy atom. The molecule has 5 aromatic rings. The van der Waals surface area contributed by atoms with Crippen molar-refractivity contribution in [3.8, 4) is 11.1 Å². The van der Waals surface area contributed by atoms with Gasteiger partial charge in [0, 0.05) is 79.8 Å². The number of thiazole rings is 1. The first kappa shape index (κ1) is 35.0. The van der Waals surface area contributed by atoms with E-state index in [2.05, 4.69) is 42.5 Å². The van der Waals surface area contributed by atoms with Crippen molar-refractivity contribution in [2.45, 2.75) is 57.3 Å². The number of imide groups is 1. The molecule has 12 nitrogen and oxygen atoms in total. The predicted molar refractivity (Wildman–Crippen MR) is 205 cm³/mol. The Balaban J connectivity index is 0.858. The smallest absolute Gasteiger partial charge is 0.255 e. The minimum absolute atomic E-state index is 0.0406. The van der Waals surface area contributed by atoms with E-state index in [0.717, 1.165) is 74.6 Å². The van der Waals surface area contributed by atoms with E-state index in [-0.39, 0.29) is 35.4 Å². The van der Waals surface area contributed by atoms with Crippen LogP contribution in [0.3, 0.4) is 0 Å². The summed E-state index contributed by atoms with van der Waals surface area (Å²) in [5.74, 6) is -2.02. The summed E-state index contributed by atoms with van der Waals surface area (Å²) in [5.41, 5.74) is 6.54. The third-order valence-corrected chi connectivity index (χ3v) is 11.9. The fourth-order valence-corrected chi connectivity index (χ4v) is 8.85. The fourth-order valence-electron chi connectivity index (χ4n) is 8.32. The Labute approximate surface area is 321 Å². The van der Waals surface area contributed by atoms with Crippen molar-refractivity contribution in [3.05, 3.63) is 118 Å². The van der Waals surface area contributed by atoms with Crippen LogP contribution in [0.15, 0.2) is 78.6 Å². The number of aromatic nitrogens is 3. The van der Waals surface area contributed by atoms with Gasteiger partial charge in [0.2, 0.25) is 11.8 Å². The van der Waals surface area contributed by atoms with Crippen molar-refractivity contribution in [3.63, 3.8) is 0 Å². The lowest BCUT2D eigenvalue weighted by Gasteiger charge is -2.36. The van der Waals surface area contributed by atoms with Crippen molar-refractivity contribution in [1.82, 2.24) is 29.7 Å². The molecular weight excluding hydrogens is 720 g/mol. The molecule has 0 aliphatic carbocycles. The fraction of sp³-hybridized carbons (Fsp3) is 0.317. The van der Waals surface area contributed by atoms with Crippen LogP contribution in [-0.2, 0) is 40.4 Å². The van der Waals surface area contributed by atoms with Crippen molar-refractivity contribution in [2.75, 3.05) is 36.4 Å². The first-order valence-electron chi connectivity index (χ1n) is 18.7. The maximum atomic E-state index is 15.9. The Hall–Kier alpha value is -5.73. The number of fused-ring (bicyclic) bond motifs is 2. The standard InChI is InChI=1S/C41H39FN8O4S/c42-33-21-28(20-31-32(33)23-50(40(31)54)37(39(53)46-41-43-13-19-55-41)36-34-2-1-14-49(34)24-44-36)26-7-9-29(10-8-26)48-17-15-47(16-18-48)22-25-3-5-27(6-4-25)30-11-12-35(51)45-38(30)52/h3-10,13,19-21,24,30,37H,1-2,11-12,14-18,22-23H2,(H,43,46,53)(H,45,51,52). The quantitative estimate of drug-likeness (QED) is 0.195. The Morgan fingerprint density at radius 1 is 0.945 bits per heavy atom. The molecule has 6 heterocycles. The summed E-state index contributed by atoms with van der Waals surface area (Å²) < 4.78 is 17.9. The van der Waals surface area contributed by atoms with E-state index in [0.29, 0.717) is 29.2 Å². The molecule has 2 N–H and O–H groups in total. The topological polar surface area (TPSA) is 133 Å². The summed E-state index contributed by atoms with van der Waals surface area (Å²) >= 11 is 1.28. The predicted octanol–water partition coefficient (Wildman–Crippen LogP) is 5.27. The van der Waals surface area contributed by atoms with Gasteiger partial charge in [-0.15, -0.1) is 11.3 Å². The molecule has 2 atom stereocenters. The van der Waals surface area contributed by atoms with Crippen molar-refractivity contribution in [1.29, 1.82) is 0 Å². The van der Waals surface area contributed by atoms with E-state index in [1.165, 1.54) is 27.9 Å². The lowest BCUT2D eigenvalue weighted by atomic mass is 9.90. The number of carbonyl (C=O) groups is 4. The number of aryl methyl sites for hydroxylation is 1. The van der Waals surface area contributed by atoms with Gasteiger partial charge in [-0.2, -0.15) is 0 Å². The summed E-state index contributed by atoms with van der Waals surface area (Å²) in [4.78, 5) is 66.6. The van der Waals surface area contributed by atoms with E-state index < -0.39 is 23.7 Å². The van der Waals surface area contributed by atoms with E-state index in [4.69, 9.17) is 0 Å². The van der Waals surface area contributed by atoms with Crippen LogP contribution in [0.5, 0.6) is 0 Å². The lowest BCUT2D eigenvalue weighted by Crippen LogP contribution is -2.45. The van der Waals surface area contributed by atoms with Gasteiger partial charge in [0.25, 0.3) is 11.8 Å². The molecule has 280 valence electrons. The van der Waals surface area contributed by atoms with Crippen LogP contribution < -0.4 is 15.5 Å². The highest BCUT2D eigenvalue weighted by atomic mass is 32.1. The molecule has 0 saturated carbocycles. The number of hydrogen-bond acceptors (Lipinski definition) is 9. The average Bonchev–Trinajstić information content (AvgIpc) is 4.01. The number of amides is 4. The largest absolute Gasteiger partial charge is 0.369 e. The lowest BCUT2D eigenvalue weighted by molar-refractivity contribution is -0.134. The monoisotopic (exact) mass is 758 g/mol. The van der Waals surface area contributed by atoms with Gasteiger partial charge < -0.3 is 14.4 Å². The molecule has 4 amide bonds. The number of benzene rings is 3. The maximum absolute atomic E-state index is 15.9. The van der Waals surface area contributed by atoms with Crippen LogP contribution in [0.4, 0.5) is 15.2 Å². The van der Waals surface area contributed by atoms with E-state index in [1.807, 2.05) is 41.0 Å². The maximum Gasteiger partial charge on any atom is 0.255 e. The van der Waals surface area contributed by atoms with Gasteiger partial charge >= 0.3 is 0 Å². The zero-order valence-electron chi connectivity index (χ0n) is 30.0. The van der Waals surface area contributed by atoms with Gasteiger partial charge in [0.1, 0.15) is 5.82 Å². The molecule has 3 aromatic carbocycles. The third-order valence-electron chi connectivity index (χ3n) is 11.3. The zero-order chi connectivity index (χ0) is 37.6. The summed E-state index contributed by atoms with van der Waals surface area (Å²) in [7, 11) is 0. The van der Waals surface area contributed by atoms with Crippen molar-refractivity contribution >= 4 is 45.8 Å². The van der Waals surface area contributed by atoms with Gasteiger partial charge in [0.05, 0.1) is 24.5 Å². The van der Waals surface area contributed by atoms with Crippen LogP contribution in [0, 0.1) is 5.82 Å². The first-order valence-corrected chi connectivity index (χ1v) is 19.5. The molecule has 9 rings (SSSR count). The number of nitrogens with zero attached hydrogens (tertiary/aromatic N) is 6. The van der Waals surface area contributed by atoms with Crippen LogP contribution in [-0.4, -0.2) is 74.1 Å². The zero-order valence-corrected chi connectivity index (χ0v) is 30.9. The van der Waals surface area contributed by atoms with Gasteiger partial charge in [-0.3, -0.25) is 34.7 Å². The molecule has 2 unspecified atom stereocenters. The minimum Gasteiger partial charge on any atom is -0.369 e. The number of halogens is 1. The molecule has 55 heavy (non-hydrogen) atoms. The van der Waals surface area contributed by atoms with E-state index in [1.54, 1.807) is 24.0 Å². The summed E-state index contributed by atoms with van der Waals surface area (Å²) in [6, 6.07) is 18.3. The molecule has 0 bridgehead atoms. The summed E-state index contributed by atoms with van der Waals surface area (Å²) in [6.45, 7) is 5.04. The summed E-state index contributed by atoms with van der Waals surface area (Å²) in [5, 5.41) is 7.46. The number of nitrogens with one attached hydrogen (secondary N) is 2. The SMILES string of the molecule is O=C1CCC(c2ccc(CN3CCN(c4ccc(-c5cc(F)c6c(c5)C(=O)N(C(C(=O)Nc5nccs5)c5ncn7c5CCC7)C6)cc4)CC3)cc2)C(=O)N1. The molecule has 4 aliphatic rings. The molecular formula is C41H39FN8O4S. The van der Waals surface area contributed by atoms with Crippen molar-refractivity contribution < 1.29 is 23.6 Å². The molecule has 2 aromatic heterocycles. The number of piperazine rings is 1. The van der Waals surface area contributed by atoms with Crippen molar-refractivity contribution in [2.24, 2.45) is 0 Å². The van der Waals surface area contributed by atoms with Crippen LogP contribution >= 0.6 is 11.3 Å². The second-order valence-corrected chi connectivity index (χ2v) is 15.5. The molecule has 2 saturated heterocycles. The molecule has 0 spiro atoms. The normalized spacial score (nSPS) is 19.0. The van der Waals surface area contributed by atoms with E-state index in [9.17, 15) is 19.2 Å². The number of anilines is 2. The number of imidazole rings is 1. The van der Waals surface area contributed by atoms with Gasteiger partial charge in [0.15, 0.2) is 11.2 Å². The third kappa shape index (κ3) is 6.80. The molecule has 2 fully saturated rings. The first-order chi connectivity index (χ1) is 26.8. The highest BCUT2D eigenvalue weighted by molar-refractivity contribution is 7.13. The van der Waals surface area contributed by atoms with Crippen LogP contribution in [0.1, 0.15) is 69.7 Å². The van der Waals surface area contributed by atoms with Gasteiger partial charge in [-0.25, -0.2) is 14.4 Å². The Bertz CT molecular complexity index is 2280. The number of carbonyl (C=O) groups excluding carboxylic acids is 4. The molecule has 0 radical (unpaired) electrons. The highest BCUT2D eigenvalue weighted by Gasteiger charge is 2.42. The second-order valence-electron chi connectivity index (χ2n) is 14.6. The van der Waals surface area contributed by atoms with E-state index >= 15 is 4.39 Å². The molecule has 14 heteroatoms. The van der Waals surface area contributed by atoms with Crippen LogP contribution in [0.2, 0.25) is 0 Å². The summed E-state index contributed by atoms with van der Waals surface area (Å²) in [6.07, 6.45) is 5.90. The van der Waals surface area contributed by atoms with Gasteiger partial charge in [-0.05, 0) is 65.8 Å². The Kier molecular flexibility index (Phi) is 9.22. The number of hydrogen-bond donors (Lipinski definition) is 2. The van der Waals surface area contributed by atoms with Gasteiger partial charge in [-0.1, -0.05) is 36.4 Å². The average molecular weight is 759 g/mol. The number of piperidine rings is 1. The van der Waals surface area contributed by atoms with Crippen LogP contribution in [0.25, 0.3) is 11.1 Å². The minimum atomic E-state index is -1.04. The highest BCUT2D eigenvalue weighted by Crippen LogP contribution is 2.38. The second kappa shape index (κ2) is 14.5. The number of rotatable bonds is 9. The molecule has 4 aliphatic heterocycles. The Morgan fingerprint density at radius 2 is 1.75 bits per heavy atom.